The molecule has 19 heavy (non-hydrogen) atoms. The molecule has 0 unspecified atom stereocenters. The van der Waals surface area contributed by atoms with Gasteiger partial charge in [0.1, 0.15) is 11.8 Å². The van der Waals surface area contributed by atoms with Gasteiger partial charge < -0.3 is 14.8 Å². The molecule has 0 aromatic carbocycles. The van der Waals surface area contributed by atoms with Crippen molar-refractivity contribution in [3.8, 4) is 0 Å². The van der Waals surface area contributed by atoms with Crippen LogP contribution in [0.15, 0.2) is 27.3 Å². The molecule has 5 nitrogen and oxygen atoms in total. The van der Waals surface area contributed by atoms with Crippen LogP contribution in [0.25, 0.3) is 6.08 Å². The Balaban J connectivity index is 2.57. The van der Waals surface area contributed by atoms with Crippen molar-refractivity contribution in [3.05, 3.63) is 28.6 Å². The fourth-order valence-electron chi connectivity index (χ4n) is 1.49. The maximum atomic E-state index is 11.6. The van der Waals surface area contributed by atoms with Gasteiger partial charge in [-0.25, -0.2) is 4.79 Å². The normalized spacial score (nSPS) is 12.8. The van der Waals surface area contributed by atoms with Crippen molar-refractivity contribution in [1.82, 2.24) is 5.32 Å². The summed E-state index contributed by atoms with van der Waals surface area (Å²) in [7, 11) is 0. The van der Waals surface area contributed by atoms with Crippen LogP contribution < -0.4 is 5.32 Å². The molecule has 1 atom stereocenters. The molecule has 0 radical (unpaired) electrons. The molecule has 0 fully saturated rings. The van der Waals surface area contributed by atoms with Gasteiger partial charge in [-0.2, -0.15) is 0 Å². The van der Waals surface area contributed by atoms with Crippen LogP contribution in [-0.4, -0.2) is 23.0 Å². The maximum absolute atomic E-state index is 11.6. The summed E-state index contributed by atoms with van der Waals surface area (Å²) in [6.45, 7) is 3.80. The fraction of sp³-hybridized carbons (Fsp3) is 0.385. The summed E-state index contributed by atoms with van der Waals surface area (Å²) in [4.78, 5) is 22.6. The Labute approximate surface area is 119 Å². The number of carboxylic acids is 1. The lowest BCUT2D eigenvalue weighted by Gasteiger charge is -2.15. The first kappa shape index (κ1) is 15.5. The number of nitrogens with one attached hydrogen (secondary N) is 1. The minimum Gasteiger partial charge on any atom is -0.480 e. The number of hydrogen-bond donors (Lipinski definition) is 2. The van der Waals surface area contributed by atoms with Gasteiger partial charge in [0.2, 0.25) is 5.91 Å². The predicted molar refractivity (Wildman–Crippen MR) is 74.5 cm³/mol. The van der Waals surface area contributed by atoms with Gasteiger partial charge >= 0.3 is 5.97 Å². The van der Waals surface area contributed by atoms with Crippen LogP contribution in [0, 0.1) is 5.92 Å². The Morgan fingerprint density at radius 2 is 2.16 bits per heavy atom. The minimum absolute atomic E-state index is 0.186. The van der Waals surface area contributed by atoms with Crippen molar-refractivity contribution in [2.75, 3.05) is 0 Å². The molecular formula is C13H16BrNO4. The third-order valence-electron chi connectivity index (χ3n) is 2.31. The highest BCUT2D eigenvalue weighted by Crippen LogP contribution is 2.15. The number of halogens is 1. The van der Waals surface area contributed by atoms with Crippen molar-refractivity contribution in [2.24, 2.45) is 5.92 Å². The number of carbonyl (C=O) groups excluding carboxylic acids is 1. The van der Waals surface area contributed by atoms with E-state index in [0.29, 0.717) is 16.9 Å². The number of carboxylic acid groups (broad SMARTS) is 1. The van der Waals surface area contributed by atoms with E-state index >= 15 is 0 Å². The first-order valence-corrected chi connectivity index (χ1v) is 6.64. The average Bonchev–Trinajstić information content (AvgIpc) is 2.71. The monoisotopic (exact) mass is 329 g/mol. The molecule has 104 valence electrons. The van der Waals surface area contributed by atoms with Gasteiger partial charge in [0.25, 0.3) is 0 Å². The van der Waals surface area contributed by atoms with Gasteiger partial charge in [0.05, 0.1) is 0 Å². The second-order valence-corrected chi connectivity index (χ2v) is 5.29. The number of furan rings is 1. The molecule has 1 rings (SSSR count). The third kappa shape index (κ3) is 5.74. The van der Waals surface area contributed by atoms with Gasteiger partial charge in [0, 0.05) is 6.08 Å². The third-order valence-corrected chi connectivity index (χ3v) is 2.74. The summed E-state index contributed by atoms with van der Waals surface area (Å²) in [6, 6.07) is 2.52. The van der Waals surface area contributed by atoms with Crippen LogP contribution in [0.2, 0.25) is 0 Å². The van der Waals surface area contributed by atoms with Crippen LogP contribution in [0.1, 0.15) is 26.0 Å². The van der Waals surface area contributed by atoms with Crippen molar-refractivity contribution in [2.45, 2.75) is 26.3 Å². The van der Waals surface area contributed by atoms with E-state index in [-0.39, 0.29) is 5.92 Å². The van der Waals surface area contributed by atoms with Crippen LogP contribution in [-0.2, 0) is 9.59 Å². The minimum atomic E-state index is -1.03. The van der Waals surface area contributed by atoms with Crippen molar-refractivity contribution in [3.63, 3.8) is 0 Å². The van der Waals surface area contributed by atoms with E-state index in [9.17, 15) is 9.59 Å². The first-order valence-electron chi connectivity index (χ1n) is 5.85. The molecule has 2 N–H and O–H groups in total. The van der Waals surface area contributed by atoms with Crippen LogP contribution in [0.5, 0.6) is 0 Å². The van der Waals surface area contributed by atoms with Crippen molar-refractivity contribution < 1.29 is 19.1 Å². The van der Waals surface area contributed by atoms with E-state index in [1.807, 2.05) is 13.8 Å². The number of aliphatic carboxylic acids is 1. The molecule has 0 aliphatic carbocycles. The lowest BCUT2D eigenvalue weighted by Crippen LogP contribution is -2.40. The molecule has 0 spiro atoms. The molecular weight excluding hydrogens is 314 g/mol. The van der Waals surface area contributed by atoms with Crippen molar-refractivity contribution >= 4 is 33.9 Å². The number of rotatable bonds is 6. The fourth-order valence-corrected chi connectivity index (χ4v) is 1.81. The summed E-state index contributed by atoms with van der Waals surface area (Å²) in [5.74, 6) is -0.791. The van der Waals surface area contributed by atoms with E-state index in [2.05, 4.69) is 21.2 Å². The molecule has 6 heteroatoms. The maximum Gasteiger partial charge on any atom is 0.326 e. The standard InChI is InChI=1S/C13H16BrNO4/c1-8(2)7-10(13(17)18)15-12(16)6-4-9-3-5-11(14)19-9/h3-6,8,10H,7H2,1-2H3,(H,15,16)(H,17,18)/b6-4+/t10-/m0/s1. The first-order chi connectivity index (χ1) is 8.88. The summed E-state index contributed by atoms with van der Waals surface area (Å²) in [5, 5.41) is 11.4. The van der Waals surface area contributed by atoms with Gasteiger partial charge in [-0.1, -0.05) is 13.8 Å². The summed E-state index contributed by atoms with van der Waals surface area (Å²) in [5.41, 5.74) is 0. The Bertz CT molecular complexity index is 479. The molecule has 1 heterocycles. The van der Waals surface area contributed by atoms with Crippen LogP contribution in [0.4, 0.5) is 0 Å². The number of amides is 1. The molecule has 0 bridgehead atoms. The second-order valence-electron chi connectivity index (χ2n) is 4.50. The van der Waals surface area contributed by atoms with E-state index in [4.69, 9.17) is 9.52 Å². The molecule has 0 aliphatic heterocycles. The molecule has 1 aromatic rings. The highest BCUT2D eigenvalue weighted by Gasteiger charge is 2.19. The Morgan fingerprint density at radius 1 is 1.47 bits per heavy atom. The zero-order valence-electron chi connectivity index (χ0n) is 10.7. The van der Waals surface area contributed by atoms with Gasteiger partial charge in [-0.05, 0) is 46.5 Å². The molecule has 1 amide bonds. The average molecular weight is 330 g/mol. The second kappa shape index (κ2) is 7.13. The molecule has 1 aromatic heterocycles. The smallest absolute Gasteiger partial charge is 0.326 e. The van der Waals surface area contributed by atoms with E-state index < -0.39 is 17.9 Å². The highest BCUT2D eigenvalue weighted by atomic mass is 79.9. The molecule has 0 saturated carbocycles. The Kier molecular flexibility index (Phi) is 5.82. The summed E-state index contributed by atoms with van der Waals surface area (Å²) >= 11 is 3.15. The lowest BCUT2D eigenvalue weighted by atomic mass is 10.0. The van der Waals surface area contributed by atoms with Gasteiger partial charge in [-0.15, -0.1) is 0 Å². The SMILES string of the molecule is CC(C)C[C@H](NC(=O)/C=C/c1ccc(Br)o1)C(=O)O. The largest absolute Gasteiger partial charge is 0.480 e. The molecule has 0 saturated heterocycles. The van der Waals surface area contributed by atoms with Crippen molar-refractivity contribution in [1.29, 1.82) is 0 Å². The van der Waals surface area contributed by atoms with Gasteiger partial charge in [0.15, 0.2) is 4.67 Å². The quantitative estimate of drug-likeness (QED) is 0.786. The van der Waals surface area contributed by atoms with Gasteiger partial charge in [-0.3, -0.25) is 4.79 Å². The number of carbonyl (C=O) groups is 2. The van der Waals surface area contributed by atoms with E-state index in [1.54, 1.807) is 12.1 Å². The van der Waals surface area contributed by atoms with Crippen LogP contribution in [0.3, 0.4) is 0 Å². The van der Waals surface area contributed by atoms with Crippen LogP contribution >= 0.6 is 15.9 Å². The Hall–Kier alpha value is -1.56. The number of hydrogen-bond acceptors (Lipinski definition) is 3. The lowest BCUT2D eigenvalue weighted by molar-refractivity contribution is -0.141. The Morgan fingerprint density at radius 3 is 2.63 bits per heavy atom. The predicted octanol–water partition coefficient (Wildman–Crippen LogP) is 2.67. The summed E-state index contributed by atoms with van der Waals surface area (Å²) < 4.78 is 5.75. The zero-order chi connectivity index (χ0) is 14.4. The molecule has 0 aliphatic rings. The van der Waals surface area contributed by atoms with E-state index in [0.717, 1.165) is 0 Å². The zero-order valence-corrected chi connectivity index (χ0v) is 12.3. The summed E-state index contributed by atoms with van der Waals surface area (Å²) in [6.07, 6.45) is 3.12. The highest BCUT2D eigenvalue weighted by molar-refractivity contribution is 9.10. The van der Waals surface area contributed by atoms with E-state index in [1.165, 1.54) is 12.2 Å². The topological polar surface area (TPSA) is 79.5 Å².